The van der Waals surface area contributed by atoms with Crippen molar-refractivity contribution in [3.05, 3.63) is 119 Å². The second-order valence-corrected chi connectivity index (χ2v) is 8.11. The molecule has 4 aromatic rings. The lowest BCUT2D eigenvalue weighted by Gasteiger charge is -2.15. The maximum absolute atomic E-state index is 13.3. The fourth-order valence-corrected chi connectivity index (χ4v) is 3.39. The van der Waals surface area contributed by atoms with Crippen LogP contribution in [-0.4, -0.2) is 21.9 Å². The van der Waals surface area contributed by atoms with Crippen molar-refractivity contribution in [3.63, 3.8) is 0 Å². The molecule has 0 fully saturated rings. The number of rotatable bonds is 8. The Morgan fingerprint density at radius 2 is 1.67 bits per heavy atom. The van der Waals surface area contributed by atoms with Crippen molar-refractivity contribution in [1.82, 2.24) is 15.6 Å². The summed E-state index contributed by atoms with van der Waals surface area (Å²) >= 11 is 0. The molecular formula is C28H24FN3O4. The normalized spacial score (nSPS) is 10.5. The first kappa shape index (κ1) is 24.4. The number of hydrogen-bond donors (Lipinski definition) is 3. The zero-order chi connectivity index (χ0) is 25.5. The van der Waals surface area contributed by atoms with Gasteiger partial charge in [0.05, 0.1) is 5.56 Å². The SMILES string of the molecule is Cc1ccc(C(=O)NCc2ccc(CNC(=O)c3cccnc3)c(Oc3ccc(F)cc3)c2)cc1O. The number of ether oxygens (including phenoxy) is 1. The zero-order valence-corrected chi connectivity index (χ0v) is 19.5. The number of aryl methyl sites for hydroxylation is 1. The quantitative estimate of drug-likeness (QED) is 0.330. The van der Waals surface area contributed by atoms with E-state index in [0.29, 0.717) is 33.8 Å². The van der Waals surface area contributed by atoms with Crippen LogP contribution in [0.4, 0.5) is 4.39 Å². The van der Waals surface area contributed by atoms with Crippen molar-refractivity contribution in [3.8, 4) is 17.2 Å². The summed E-state index contributed by atoms with van der Waals surface area (Å²) in [6.45, 7) is 2.13. The van der Waals surface area contributed by atoms with Gasteiger partial charge in [-0.25, -0.2) is 4.39 Å². The number of carbonyl (C=O) groups excluding carboxylic acids is 2. The smallest absolute Gasteiger partial charge is 0.253 e. The van der Waals surface area contributed by atoms with Gasteiger partial charge in [-0.3, -0.25) is 14.6 Å². The highest BCUT2D eigenvalue weighted by Crippen LogP contribution is 2.27. The van der Waals surface area contributed by atoms with E-state index in [1.165, 1.54) is 36.5 Å². The second kappa shape index (κ2) is 11.1. The fraction of sp³-hybridized carbons (Fsp3) is 0.107. The number of nitrogens with zero attached hydrogens (tertiary/aromatic N) is 1. The summed E-state index contributed by atoms with van der Waals surface area (Å²) in [5, 5.41) is 15.5. The molecule has 0 bridgehead atoms. The predicted octanol–water partition coefficient (Wildman–Crippen LogP) is 4.89. The van der Waals surface area contributed by atoms with E-state index >= 15 is 0 Å². The Hall–Kier alpha value is -4.72. The van der Waals surface area contributed by atoms with Crippen molar-refractivity contribution < 1.29 is 23.8 Å². The number of carbonyl (C=O) groups is 2. The van der Waals surface area contributed by atoms with E-state index in [2.05, 4.69) is 15.6 Å². The molecular weight excluding hydrogens is 461 g/mol. The van der Waals surface area contributed by atoms with E-state index in [4.69, 9.17) is 4.74 Å². The number of hydrogen-bond acceptors (Lipinski definition) is 5. The van der Waals surface area contributed by atoms with Crippen LogP contribution in [0, 0.1) is 12.7 Å². The molecule has 0 spiro atoms. The lowest BCUT2D eigenvalue weighted by Crippen LogP contribution is -2.24. The first-order valence-electron chi connectivity index (χ1n) is 11.2. The third-order valence-corrected chi connectivity index (χ3v) is 5.46. The molecule has 0 saturated heterocycles. The van der Waals surface area contributed by atoms with Gasteiger partial charge in [0.2, 0.25) is 0 Å². The van der Waals surface area contributed by atoms with Crippen LogP contribution in [0.1, 0.15) is 37.4 Å². The monoisotopic (exact) mass is 485 g/mol. The Morgan fingerprint density at radius 1 is 0.917 bits per heavy atom. The van der Waals surface area contributed by atoms with Gasteiger partial charge in [-0.15, -0.1) is 0 Å². The third-order valence-electron chi connectivity index (χ3n) is 5.46. The molecule has 3 aromatic carbocycles. The van der Waals surface area contributed by atoms with Gasteiger partial charge in [0, 0.05) is 36.6 Å². The molecule has 2 amide bonds. The maximum atomic E-state index is 13.3. The summed E-state index contributed by atoms with van der Waals surface area (Å²) in [6, 6.07) is 19.0. The lowest BCUT2D eigenvalue weighted by atomic mass is 10.1. The first-order chi connectivity index (χ1) is 17.4. The summed E-state index contributed by atoms with van der Waals surface area (Å²) in [4.78, 5) is 28.9. The topological polar surface area (TPSA) is 101 Å². The molecule has 1 aromatic heterocycles. The number of benzene rings is 3. The first-order valence-corrected chi connectivity index (χ1v) is 11.2. The van der Waals surface area contributed by atoms with Crippen LogP contribution in [0.25, 0.3) is 0 Å². The van der Waals surface area contributed by atoms with Gasteiger partial charge < -0.3 is 20.5 Å². The molecule has 4 rings (SSSR count). The van der Waals surface area contributed by atoms with Crippen molar-refractivity contribution in [2.24, 2.45) is 0 Å². The number of halogens is 1. The van der Waals surface area contributed by atoms with Crippen LogP contribution in [0.3, 0.4) is 0 Å². The van der Waals surface area contributed by atoms with Gasteiger partial charge in [0.15, 0.2) is 0 Å². The minimum absolute atomic E-state index is 0.0512. The molecule has 36 heavy (non-hydrogen) atoms. The number of amides is 2. The average molecular weight is 486 g/mol. The Labute approximate surface area is 207 Å². The highest BCUT2D eigenvalue weighted by Gasteiger charge is 2.12. The number of aromatic hydroxyl groups is 1. The third kappa shape index (κ3) is 6.24. The van der Waals surface area contributed by atoms with E-state index in [9.17, 15) is 19.1 Å². The van der Waals surface area contributed by atoms with Crippen molar-refractivity contribution in [1.29, 1.82) is 0 Å². The van der Waals surface area contributed by atoms with Crippen molar-refractivity contribution in [2.45, 2.75) is 20.0 Å². The van der Waals surface area contributed by atoms with Gasteiger partial charge >= 0.3 is 0 Å². The molecule has 182 valence electrons. The van der Waals surface area contributed by atoms with Crippen LogP contribution in [0.15, 0.2) is 85.2 Å². The number of phenols is 1. The predicted molar refractivity (Wildman–Crippen MR) is 132 cm³/mol. The Balaban J connectivity index is 1.50. The van der Waals surface area contributed by atoms with E-state index in [1.807, 2.05) is 6.07 Å². The number of aromatic nitrogens is 1. The number of phenolic OH excluding ortho intramolecular Hbond substituents is 1. The maximum Gasteiger partial charge on any atom is 0.253 e. The van der Waals surface area contributed by atoms with E-state index in [-0.39, 0.29) is 36.5 Å². The molecule has 1 heterocycles. The molecule has 0 radical (unpaired) electrons. The molecule has 0 aliphatic heterocycles. The van der Waals surface area contributed by atoms with Gasteiger partial charge in [-0.05, 0) is 72.6 Å². The second-order valence-electron chi connectivity index (χ2n) is 8.11. The van der Waals surface area contributed by atoms with E-state index < -0.39 is 0 Å². The lowest BCUT2D eigenvalue weighted by molar-refractivity contribution is 0.0942. The molecule has 3 N–H and O–H groups in total. The highest BCUT2D eigenvalue weighted by molar-refractivity contribution is 5.94. The highest BCUT2D eigenvalue weighted by atomic mass is 19.1. The average Bonchev–Trinajstić information content (AvgIpc) is 2.90. The number of nitrogens with one attached hydrogen (secondary N) is 2. The Bertz CT molecular complexity index is 1380. The minimum Gasteiger partial charge on any atom is -0.508 e. The molecule has 7 nitrogen and oxygen atoms in total. The fourth-order valence-electron chi connectivity index (χ4n) is 3.39. The summed E-state index contributed by atoms with van der Waals surface area (Å²) in [5.41, 5.74) is 2.89. The number of pyridine rings is 1. The van der Waals surface area contributed by atoms with Crippen LogP contribution in [0.2, 0.25) is 0 Å². The Morgan fingerprint density at radius 3 is 2.39 bits per heavy atom. The Kier molecular flexibility index (Phi) is 7.55. The van der Waals surface area contributed by atoms with Crippen molar-refractivity contribution >= 4 is 11.8 Å². The molecule has 0 unspecified atom stereocenters. The zero-order valence-electron chi connectivity index (χ0n) is 19.5. The van der Waals surface area contributed by atoms with Crippen LogP contribution in [-0.2, 0) is 13.1 Å². The molecule has 0 saturated carbocycles. The van der Waals surface area contributed by atoms with Crippen LogP contribution in [0.5, 0.6) is 17.2 Å². The molecule has 8 heteroatoms. The van der Waals surface area contributed by atoms with E-state index in [1.54, 1.807) is 49.5 Å². The van der Waals surface area contributed by atoms with Gasteiger partial charge in [-0.2, -0.15) is 0 Å². The van der Waals surface area contributed by atoms with Crippen LogP contribution >= 0.6 is 0 Å². The summed E-state index contributed by atoms with van der Waals surface area (Å²) < 4.78 is 19.3. The van der Waals surface area contributed by atoms with Gasteiger partial charge in [0.1, 0.15) is 23.1 Å². The van der Waals surface area contributed by atoms with Crippen molar-refractivity contribution in [2.75, 3.05) is 0 Å². The van der Waals surface area contributed by atoms with Gasteiger partial charge in [-0.1, -0.05) is 18.2 Å². The standard InChI is InChI=1S/C28H24FN3O4/c1-18-4-6-20(14-25(18)33)27(34)31-15-19-5-7-21(17-32-28(35)22-3-2-12-30-16-22)26(13-19)36-24-10-8-23(29)9-11-24/h2-14,16,33H,15,17H2,1H3,(H,31,34)(H,32,35). The summed E-state index contributed by atoms with van der Waals surface area (Å²) in [5.74, 6) is -0.0757. The molecule has 0 aliphatic rings. The summed E-state index contributed by atoms with van der Waals surface area (Å²) in [7, 11) is 0. The molecule has 0 aliphatic carbocycles. The largest absolute Gasteiger partial charge is 0.508 e. The van der Waals surface area contributed by atoms with Gasteiger partial charge in [0.25, 0.3) is 11.8 Å². The van der Waals surface area contributed by atoms with E-state index in [0.717, 1.165) is 5.56 Å². The molecule has 0 atom stereocenters. The minimum atomic E-state index is -0.384. The summed E-state index contributed by atoms with van der Waals surface area (Å²) in [6.07, 6.45) is 3.06. The van der Waals surface area contributed by atoms with Crippen LogP contribution < -0.4 is 15.4 Å².